The monoisotopic (exact) mass is 425 g/mol. The molecule has 3 aromatic rings. The fourth-order valence-corrected chi connectivity index (χ4v) is 5.74. The lowest BCUT2D eigenvalue weighted by molar-refractivity contribution is 0.440. The highest BCUT2D eigenvalue weighted by atomic mass is 35.5. The van der Waals surface area contributed by atoms with E-state index in [1.54, 1.807) is 4.31 Å². The lowest BCUT2D eigenvalue weighted by atomic mass is 9.98. The Kier molecular flexibility index (Phi) is 4.65. The fraction of sp³-hybridized carbons (Fsp3) is 0.273. The van der Waals surface area contributed by atoms with E-state index in [0.717, 1.165) is 46.1 Å². The van der Waals surface area contributed by atoms with Crippen molar-refractivity contribution < 1.29 is 8.42 Å². The van der Waals surface area contributed by atoms with Gasteiger partial charge in [0.2, 0.25) is 10.0 Å². The number of fused-ring (bicyclic) bond motifs is 1. The fourth-order valence-electron chi connectivity index (χ4n) is 3.84. The molecule has 0 bridgehead atoms. The summed E-state index contributed by atoms with van der Waals surface area (Å²) in [7, 11) is -3.14. The van der Waals surface area contributed by atoms with Gasteiger partial charge in [0.25, 0.3) is 0 Å². The van der Waals surface area contributed by atoms with Gasteiger partial charge in [0.05, 0.1) is 10.9 Å². The number of sulfonamides is 1. The Balaban J connectivity index is 1.53. The highest BCUT2D eigenvalue weighted by Gasteiger charge is 2.40. The van der Waals surface area contributed by atoms with Gasteiger partial charge >= 0.3 is 0 Å². The Bertz CT molecular complexity index is 1220. The lowest BCUT2D eigenvalue weighted by Gasteiger charge is -2.26. The van der Waals surface area contributed by atoms with Gasteiger partial charge in [-0.1, -0.05) is 54.1 Å². The van der Waals surface area contributed by atoms with E-state index < -0.39 is 10.0 Å². The number of nitrogens with zero attached hydrogens (tertiary/aromatic N) is 3. The van der Waals surface area contributed by atoms with Crippen LogP contribution in [0.25, 0.3) is 27.6 Å². The third-order valence-corrected chi connectivity index (χ3v) is 8.20. The second kappa shape index (κ2) is 7.20. The van der Waals surface area contributed by atoms with Gasteiger partial charge in [-0.05, 0) is 37.0 Å². The molecule has 29 heavy (non-hydrogen) atoms. The van der Waals surface area contributed by atoms with E-state index in [1.165, 1.54) is 0 Å². The van der Waals surface area contributed by atoms with Crippen LogP contribution in [0.5, 0.6) is 0 Å². The third kappa shape index (κ3) is 3.45. The Morgan fingerprint density at radius 1 is 0.931 bits per heavy atom. The van der Waals surface area contributed by atoms with Crippen LogP contribution in [0, 0.1) is 0 Å². The molecule has 0 atom stereocenters. The number of rotatable bonds is 4. The standard InChI is InChI=1S/C22H20ClN3O2S/c23-17-7-5-15(6-8-17)21-19-3-1-2-4-20(19)22(25-24-21)16-11-13-26(14-12-16)29(27,28)18-9-10-18/h1-8,11,18H,9-10,12-14H2. The van der Waals surface area contributed by atoms with Crippen molar-refractivity contribution in [2.45, 2.75) is 24.5 Å². The average molecular weight is 426 g/mol. The zero-order valence-corrected chi connectivity index (χ0v) is 17.3. The summed E-state index contributed by atoms with van der Waals surface area (Å²) in [6.45, 7) is 0.905. The Morgan fingerprint density at radius 3 is 2.21 bits per heavy atom. The van der Waals surface area contributed by atoms with Gasteiger partial charge in [-0.15, -0.1) is 10.2 Å². The first-order valence-corrected chi connectivity index (χ1v) is 11.6. The molecule has 1 saturated carbocycles. The molecule has 0 saturated heterocycles. The summed E-state index contributed by atoms with van der Waals surface area (Å²) in [5, 5.41) is 11.6. The van der Waals surface area contributed by atoms with Crippen LogP contribution in [0.1, 0.15) is 25.0 Å². The van der Waals surface area contributed by atoms with Crippen LogP contribution in [0.2, 0.25) is 5.02 Å². The molecule has 2 aliphatic rings. The number of hydrogen-bond donors (Lipinski definition) is 0. The van der Waals surface area contributed by atoms with Crippen molar-refractivity contribution in [3.8, 4) is 11.3 Å². The van der Waals surface area contributed by atoms with Crippen molar-refractivity contribution in [3.63, 3.8) is 0 Å². The summed E-state index contributed by atoms with van der Waals surface area (Å²) >= 11 is 6.02. The minimum Gasteiger partial charge on any atom is -0.212 e. The van der Waals surface area contributed by atoms with E-state index in [2.05, 4.69) is 10.2 Å². The first-order chi connectivity index (χ1) is 14.0. The number of hydrogen-bond acceptors (Lipinski definition) is 4. The zero-order valence-electron chi connectivity index (χ0n) is 15.8. The molecule has 0 unspecified atom stereocenters. The molecule has 0 amide bonds. The van der Waals surface area contributed by atoms with Crippen molar-refractivity contribution in [2.24, 2.45) is 0 Å². The lowest BCUT2D eigenvalue weighted by Crippen LogP contribution is -2.37. The Hall–Kier alpha value is -2.28. The first kappa shape index (κ1) is 18.7. The minimum atomic E-state index is -3.14. The molecule has 0 spiro atoms. The second-order valence-electron chi connectivity index (χ2n) is 7.53. The molecule has 5 nitrogen and oxygen atoms in total. The highest BCUT2D eigenvalue weighted by molar-refractivity contribution is 7.90. The SMILES string of the molecule is O=S(=O)(C1CC1)N1CC=C(c2nnc(-c3ccc(Cl)cc3)c3ccccc23)CC1. The van der Waals surface area contributed by atoms with Gasteiger partial charge < -0.3 is 0 Å². The van der Waals surface area contributed by atoms with E-state index in [-0.39, 0.29) is 5.25 Å². The van der Waals surface area contributed by atoms with Crippen LogP contribution < -0.4 is 0 Å². The summed E-state index contributed by atoms with van der Waals surface area (Å²) in [5.74, 6) is 0. The number of halogens is 1. The number of benzene rings is 2. The van der Waals surface area contributed by atoms with Crippen LogP contribution >= 0.6 is 11.6 Å². The van der Waals surface area contributed by atoms with Gasteiger partial charge in [0.15, 0.2) is 0 Å². The maximum Gasteiger partial charge on any atom is 0.217 e. The normalized spacial score (nSPS) is 18.0. The highest BCUT2D eigenvalue weighted by Crippen LogP contribution is 2.35. The second-order valence-corrected chi connectivity index (χ2v) is 10.2. The predicted molar refractivity (Wildman–Crippen MR) is 116 cm³/mol. The molecule has 5 rings (SSSR count). The van der Waals surface area contributed by atoms with Crippen LogP contribution in [-0.2, 0) is 10.0 Å². The molecule has 7 heteroatoms. The first-order valence-electron chi connectivity index (χ1n) is 9.74. The predicted octanol–water partition coefficient (Wildman–Crippen LogP) is 4.53. The number of aromatic nitrogens is 2. The van der Waals surface area contributed by atoms with Crippen molar-refractivity contribution in [2.75, 3.05) is 13.1 Å². The molecular formula is C22H20ClN3O2S. The van der Waals surface area contributed by atoms with E-state index in [4.69, 9.17) is 11.6 Å². The van der Waals surface area contributed by atoms with E-state index in [0.29, 0.717) is 24.5 Å². The minimum absolute atomic E-state index is 0.170. The van der Waals surface area contributed by atoms with Crippen LogP contribution in [-0.4, -0.2) is 41.3 Å². The largest absolute Gasteiger partial charge is 0.217 e. The molecule has 2 heterocycles. The maximum absolute atomic E-state index is 12.5. The van der Waals surface area contributed by atoms with E-state index >= 15 is 0 Å². The van der Waals surface area contributed by atoms with Gasteiger partial charge in [0, 0.05) is 34.4 Å². The summed E-state index contributed by atoms with van der Waals surface area (Å²) in [6, 6.07) is 15.7. The molecule has 148 valence electrons. The van der Waals surface area contributed by atoms with Crippen LogP contribution in [0.15, 0.2) is 54.6 Å². The molecule has 1 aliphatic carbocycles. The summed E-state index contributed by atoms with van der Waals surface area (Å²) in [5.41, 5.74) is 3.67. The van der Waals surface area contributed by atoms with Crippen molar-refractivity contribution in [1.82, 2.24) is 14.5 Å². The average Bonchev–Trinajstić information content (AvgIpc) is 3.60. The van der Waals surface area contributed by atoms with E-state index in [1.807, 2.05) is 54.6 Å². The van der Waals surface area contributed by atoms with Crippen molar-refractivity contribution in [1.29, 1.82) is 0 Å². The molecule has 1 aliphatic heterocycles. The Labute approximate surface area is 175 Å². The quantitative estimate of drug-likeness (QED) is 0.616. The Morgan fingerprint density at radius 2 is 1.59 bits per heavy atom. The van der Waals surface area contributed by atoms with Crippen LogP contribution in [0.3, 0.4) is 0 Å². The van der Waals surface area contributed by atoms with Gasteiger partial charge in [-0.3, -0.25) is 0 Å². The van der Waals surface area contributed by atoms with Gasteiger partial charge in [-0.2, -0.15) is 4.31 Å². The third-order valence-electron chi connectivity index (χ3n) is 5.59. The molecular weight excluding hydrogens is 406 g/mol. The van der Waals surface area contributed by atoms with Crippen molar-refractivity contribution in [3.05, 3.63) is 65.3 Å². The van der Waals surface area contributed by atoms with Crippen molar-refractivity contribution >= 4 is 38.0 Å². The molecule has 1 fully saturated rings. The topological polar surface area (TPSA) is 63.2 Å². The van der Waals surface area contributed by atoms with Gasteiger partial charge in [-0.25, -0.2) is 8.42 Å². The molecule has 0 N–H and O–H groups in total. The summed E-state index contributed by atoms with van der Waals surface area (Å²) in [4.78, 5) is 0. The summed E-state index contributed by atoms with van der Waals surface area (Å²) in [6.07, 6.45) is 4.21. The zero-order chi connectivity index (χ0) is 20.0. The molecule has 0 radical (unpaired) electrons. The smallest absolute Gasteiger partial charge is 0.212 e. The van der Waals surface area contributed by atoms with E-state index in [9.17, 15) is 8.42 Å². The maximum atomic E-state index is 12.5. The van der Waals surface area contributed by atoms with Crippen LogP contribution in [0.4, 0.5) is 0 Å². The molecule has 2 aromatic carbocycles. The molecule has 1 aromatic heterocycles. The summed E-state index contributed by atoms with van der Waals surface area (Å²) < 4.78 is 26.6. The van der Waals surface area contributed by atoms with Gasteiger partial charge in [0.1, 0.15) is 5.69 Å².